The molecule has 1 aliphatic heterocycles. The van der Waals surface area contributed by atoms with Gasteiger partial charge in [-0.2, -0.15) is 0 Å². The largest absolute Gasteiger partial charge is 0.387 e. The predicted molar refractivity (Wildman–Crippen MR) is 75.1 cm³/mol. The number of hydrogen-bond donors (Lipinski definition) is 2. The molecule has 2 N–H and O–H groups in total. The summed E-state index contributed by atoms with van der Waals surface area (Å²) in [5.41, 5.74) is 0.901. The van der Waals surface area contributed by atoms with Gasteiger partial charge in [-0.1, -0.05) is 34.2 Å². The fraction of sp³-hybridized carbons (Fsp3) is 0.500. The molecule has 9 heteroatoms. The second-order valence-corrected chi connectivity index (χ2v) is 5.43. The van der Waals surface area contributed by atoms with Crippen molar-refractivity contribution in [3.63, 3.8) is 0 Å². The first kappa shape index (κ1) is 13.4. The van der Waals surface area contributed by atoms with Gasteiger partial charge in [-0.25, -0.2) is 15.0 Å². The summed E-state index contributed by atoms with van der Waals surface area (Å²) in [6.45, 7) is 0. The van der Waals surface area contributed by atoms with Crippen LogP contribution >= 0.6 is 34.2 Å². The molecule has 1 fully saturated rings. The van der Waals surface area contributed by atoms with Crippen LogP contribution in [0.2, 0.25) is 5.15 Å². The molecule has 1 unspecified atom stereocenters. The molecule has 0 aliphatic carbocycles. The molecule has 1 saturated heterocycles. The lowest BCUT2D eigenvalue weighted by molar-refractivity contribution is -0.0283. The van der Waals surface area contributed by atoms with Crippen LogP contribution in [-0.2, 0) is 4.74 Å². The van der Waals surface area contributed by atoms with Crippen LogP contribution in [-0.4, -0.2) is 52.5 Å². The van der Waals surface area contributed by atoms with Crippen molar-refractivity contribution in [1.29, 1.82) is 0 Å². The summed E-state index contributed by atoms with van der Waals surface area (Å²) in [6, 6.07) is 0. The van der Waals surface area contributed by atoms with Gasteiger partial charge in [0.25, 0.3) is 0 Å². The van der Waals surface area contributed by atoms with Crippen molar-refractivity contribution < 1.29 is 14.9 Å². The number of aliphatic hydroxyl groups is 2. The number of alkyl halides is 1. The molecule has 2 aromatic heterocycles. The normalized spacial score (nSPS) is 31.2. The molecule has 0 amide bonds. The molecule has 3 heterocycles. The number of rotatable bonds is 2. The summed E-state index contributed by atoms with van der Waals surface area (Å²) >= 11 is 8.02. The average molecular weight is 397 g/mol. The van der Waals surface area contributed by atoms with E-state index in [4.69, 9.17) is 16.3 Å². The zero-order chi connectivity index (χ0) is 13.6. The van der Waals surface area contributed by atoms with Crippen LogP contribution in [0, 0.1) is 0 Å². The summed E-state index contributed by atoms with van der Waals surface area (Å²) in [4.78, 5) is 12.0. The van der Waals surface area contributed by atoms with Gasteiger partial charge in [0.15, 0.2) is 17.0 Å². The third kappa shape index (κ3) is 2.11. The Bertz CT molecular complexity index is 609. The van der Waals surface area contributed by atoms with Crippen LogP contribution in [0.4, 0.5) is 0 Å². The molecule has 0 radical (unpaired) electrons. The highest BCUT2D eigenvalue weighted by molar-refractivity contribution is 14.1. The van der Waals surface area contributed by atoms with Gasteiger partial charge in [0.05, 0.1) is 12.4 Å². The van der Waals surface area contributed by atoms with Gasteiger partial charge in [-0.05, 0) is 0 Å². The topological polar surface area (TPSA) is 93.3 Å². The van der Waals surface area contributed by atoms with Crippen LogP contribution in [0.25, 0.3) is 11.2 Å². The number of ether oxygens (including phenoxy) is 1. The van der Waals surface area contributed by atoms with Crippen molar-refractivity contribution in [2.24, 2.45) is 0 Å². The summed E-state index contributed by atoms with van der Waals surface area (Å²) in [5.74, 6) is 0. The van der Waals surface area contributed by atoms with Crippen molar-refractivity contribution in [3.05, 3.63) is 17.8 Å². The molecule has 2 aromatic rings. The maximum Gasteiger partial charge on any atom is 0.167 e. The molecule has 19 heavy (non-hydrogen) atoms. The Labute approximate surface area is 126 Å². The first-order chi connectivity index (χ1) is 9.13. The quantitative estimate of drug-likeness (QED) is 0.437. The SMILES string of the molecule is OC1[C@@H](CI)O[C@@H](n2cnc3c(Cl)ncnc32)[C@H]1O. The summed E-state index contributed by atoms with van der Waals surface area (Å²) in [5, 5.41) is 20.2. The Balaban J connectivity index is 2.04. The van der Waals surface area contributed by atoms with E-state index >= 15 is 0 Å². The second kappa shape index (κ2) is 5.09. The minimum Gasteiger partial charge on any atom is -0.387 e. The lowest BCUT2D eigenvalue weighted by Crippen LogP contribution is -2.32. The Kier molecular flexibility index (Phi) is 3.60. The van der Waals surface area contributed by atoms with E-state index in [2.05, 4.69) is 37.5 Å². The zero-order valence-corrected chi connectivity index (χ0v) is 12.4. The number of aromatic nitrogens is 4. The fourth-order valence-corrected chi connectivity index (χ4v) is 3.00. The molecule has 1 aliphatic rings. The lowest BCUT2D eigenvalue weighted by atomic mass is 10.1. The number of halogens is 2. The second-order valence-electron chi connectivity index (χ2n) is 4.19. The maximum absolute atomic E-state index is 10.1. The molecule has 4 atom stereocenters. The van der Waals surface area contributed by atoms with E-state index in [1.54, 1.807) is 4.57 Å². The monoisotopic (exact) mass is 396 g/mol. The number of imidazole rings is 1. The van der Waals surface area contributed by atoms with E-state index in [9.17, 15) is 10.2 Å². The Morgan fingerprint density at radius 1 is 1.32 bits per heavy atom. The average Bonchev–Trinajstić information content (AvgIpc) is 2.94. The molecule has 0 aromatic carbocycles. The molecule has 0 spiro atoms. The van der Waals surface area contributed by atoms with Crippen LogP contribution in [0.15, 0.2) is 12.7 Å². The first-order valence-corrected chi connectivity index (χ1v) is 7.44. The van der Waals surface area contributed by atoms with Crippen LogP contribution in [0.1, 0.15) is 6.23 Å². The van der Waals surface area contributed by atoms with Gasteiger partial charge in [0.1, 0.15) is 24.1 Å². The Hall–Kier alpha value is -0.550. The van der Waals surface area contributed by atoms with Gasteiger partial charge >= 0.3 is 0 Å². The maximum atomic E-state index is 10.1. The van der Waals surface area contributed by atoms with Crippen molar-refractivity contribution in [2.45, 2.75) is 24.5 Å². The lowest BCUT2D eigenvalue weighted by Gasteiger charge is -2.16. The molecule has 0 saturated carbocycles. The molecule has 102 valence electrons. The Morgan fingerprint density at radius 3 is 2.79 bits per heavy atom. The Morgan fingerprint density at radius 2 is 2.11 bits per heavy atom. The highest BCUT2D eigenvalue weighted by Gasteiger charge is 2.43. The van der Waals surface area contributed by atoms with Crippen LogP contribution in [0.5, 0.6) is 0 Å². The smallest absolute Gasteiger partial charge is 0.167 e. The zero-order valence-electron chi connectivity index (χ0n) is 9.52. The van der Waals surface area contributed by atoms with E-state index in [0.717, 1.165) is 0 Å². The van der Waals surface area contributed by atoms with E-state index in [0.29, 0.717) is 15.6 Å². The van der Waals surface area contributed by atoms with Gasteiger partial charge in [-0.15, -0.1) is 0 Å². The van der Waals surface area contributed by atoms with E-state index in [1.807, 2.05) is 0 Å². The van der Waals surface area contributed by atoms with E-state index < -0.39 is 24.5 Å². The molecule has 0 bridgehead atoms. The summed E-state index contributed by atoms with van der Waals surface area (Å²) in [7, 11) is 0. The first-order valence-electron chi connectivity index (χ1n) is 5.54. The molecular weight excluding hydrogens is 386 g/mol. The standard InChI is InChI=1S/C10H10ClIN4O3/c11-8-5-9(14-2-13-8)16(3-15-5)10-7(18)6(17)4(1-12)19-10/h2-4,6-7,10,17-18H,1H2/t4-,6?,7+,10-/m1/s1. The number of nitrogens with zero attached hydrogens (tertiary/aromatic N) is 4. The highest BCUT2D eigenvalue weighted by atomic mass is 127. The summed E-state index contributed by atoms with van der Waals surface area (Å²) < 4.78 is 7.78. The predicted octanol–water partition coefficient (Wildman–Crippen LogP) is 0.534. The van der Waals surface area contributed by atoms with Gasteiger partial charge in [-0.3, -0.25) is 4.57 Å². The van der Waals surface area contributed by atoms with Gasteiger partial charge in [0, 0.05) is 4.43 Å². The molecular formula is C10H10ClIN4O3. The van der Waals surface area contributed by atoms with E-state index in [-0.39, 0.29) is 5.15 Å². The van der Waals surface area contributed by atoms with Crippen molar-refractivity contribution in [2.75, 3.05) is 4.43 Å². The van der Waals surface area contributed by atoms with Crippen LogP contribution < -0.4 is 0 Å². The highest BCUT2D eigenvalue weighted by Crippen LogP contribution is 2.32. The van der Waals surface area contributed by atoms with E-state index in [1.165, 1.54) is 12.7 Å². The molecule has 3 rings (SSSR count). The van der Waals surface area contributed by atoms with Crippen LogP contribution in [0.3, 0.4) is 0 Å². The minimum atomic E-state index is -1.04. The van der Waals surface area contributed by atoms with Gasteiger partial charge in [0.2, 0.25) is 0 Å². The van der Waals surface area contributed by atoms with Crippen molar-refractivity contribution >= 4 is 45.4 Å². The third-order valence-electron chi connectivity index (χ3n) is 3.08. The fourth-order valence-electron chi connectivity index (χ4n) is 2.10. The van der Waals surface area contributed by atoms with Crippen molar-refractivity contribution in [1.82, 2.24) is 19.5 Å². The number of aliphatic hydroxyl groups excluding tert-OH is 2. The third-order valence-corrected chi connectivity index (χ3v) is 4.22. The summed E-state index contributed by atoms with van der Waals surface area (Å²) in [6.07, 6.45) is -0.332. The van der Waals surface area contributed by atoms with Crippen molar-refractivity contribution in [3.8, 4) is 0 Å². The minimum absolute atomic E-state index is 0.238. The van der Waals surface area contributed by atoms with Gasteiger partial charge < -0.3 is 14.9 Å². The molecule has 7 nitrogen and oxygen atoms in total. The number of fused-ring (bicyclic) bond motifs is 1. The number of hydrogen-bond acceptors (Lipinski definition) is 6.